The number of carbonyl (C=O) groups excluding carboxylic acids is 1. The van der Waals surface area contributed by atoms with Crippen molar-refractivity contribution in [3.05, 3.63) is 51.3 Å². The molecule has 1 amide bonds. The number of hydrogen-bond acceptors (Lipinski definition) is 4. The van der Waals surface area contributed by atoms with Crippen molar-refractivity contribution in [2.75, 3.05) is 14.2 Å². The largest absolute Gasteiger partial charge is 0.496 e. The van der Waals surface area contributed by atoms with E-state index < -0.39 is 0 Å². The highest BCUT2D eigenvalue weighted by atomic mass is 79.9. The van der Waals surface area contributed by atoms with Crippen LogP contribution in [0.15, 0.2) is 28.7 Å². The van der Waals surface area contributed by atoms with Crippen LogP contribution in [0, 0.1) is 6.92 Å². The molecule has 0 N–H and O–H groups in total. The highest BCUT2D eigenvalue weighted by Gasteiger charge is 2.22. The van der Waals surface area contributed by atoms with Gasteiger partial charge in [0.15, 0.2) is 5.65 Å². The summed E-state index contributed by atoms with van der Waals surface area (Å²) in [6.07, 6.45) is 0. The Bertz CT molecular complexity index is 1040. The minimum absolute atomic E-state index is 0.0626. The summed E-state index contributed by atoms with van der Waals surface area (Å²) < 4.78 is 8.13. The van der Waals surface area contributed by atoms with Gasteiger partial charge < -0.3 is 9.64 Å². The first-order valence-corrected chi connectivity index (χ1v) is 9.94. The predicted octanol–water partition coefficient (Wildman–Crippen LogP) is 4.44. The van der Waals surface area contributed by atoms with Gasteiger partial charge in [-0.1, -0.05) is 29.8 Å². The number of benzene rings is 1. The second kappa shape index (κ2) is 7.91. The van der Waals surface area contributed by atoms with Crippen molar-refractivity contribution in [3.63, 3.8) is 0 Å². The van der Waals surface area contributed by atoms with Crippen molar-refractivity contribution in [2.24, 2.45) is 7.05 Å². The maximum absolute atomic E-state index is 13.4. The second-order valence-electron chi connectivity index (χ2n) is 7.27. The van der Waals surface area contributed by atoms with Crippen molar-refractivity contribution in [3.8, 4) is 5.75 Å². The number of nitrogens with zero attached hydrogens (tertiary/aromatic N) is 4. The second-order valence-corrected chi connectivity index (χ2v) is 8.19. The Kier molecular flexibility index (Phi) is 5.74. The zero-order chi connectivity index (χ0) is 20.6. The average Bonchev–Trinajstić information content (AvgIpc) is 2.94. The Morgan fingerprint density at radius 1 is 1.32 bits per heavy atom. The van der Waals surface area contributed by atoms with Gasteiger partial charge in [-0.15, -0.1) is 0 Å². The lowest BCUT2D eigenvalue weighted by atomic mass is 10.0. The van der Waals surface area contributed by atoms with Gasteiger partial charge in [-0.25, -0.2) is 4.98 Å². The molecule has 7 heteroatoms. The molecular formula is C21H25BrN4O2. The molecule has 0 bridgehead atoms. The van der Waals surface area contributed by atoms with E-state index in [2.05, 4.69) is 34.9 Å². The molecule has 0 aliphatic carbocycles. The van der Waals surface area contributed by atoms with Crippen molar-refractivity contribution >= 4 is 32.9 Å². The number of pyridine rings is 1. The van der Waals surface area contributed by atoms with Crippen molar-refractivity contribution in [2.45, 2.75) is 33.2 Å². The summed E-state index contributed by atoms with van der Waals surface area (Å²) in [6.45, 7) is 6.48. The molecule has 0 unspecified atom stereocenters. The quantitative estimate of drug-likeness (QED) is 0.583. The predicted molar refractivity (Wildman–Crippen MR) is 114 cm³/mol. The van der Waals surface area contributed by atoms with Crippen LogP contribution in [0.1, 0.15) is 47.1 Å². The molecule has 2 aromatic heterocycles. The Hall–Kier alpha value is -2.41. The molecule has 0 radical (unpaired) electrons. The topological polar surface area (TPSA) is 60.2 Å². The summed E-state index contributed by atoms with van der Waals surface area (Å²) in [5.41, 5.74) is 3.99. The summed E-state index contributed by atoms with van der Waals surface area (Å²) in [7, 11) is 5.29. The molecule has 0 spiro atoms. The van der Waals surface area contributed by atoms with Gasteiger partial charge in [-0.05, 0) is 37.1 Å². The van der Waals surface area contributed by atoms with Crippen molar-refractivity contribution in [1.29, 1.82) is 0 Å². The lowest BCUT2D eigenvalue weighted by molar-refractivity contribution is 0.0786. The lowest BCUT2D eigenvalue weighted by Gasteiger charge is -2.20. The minimum Gasteiger partial charge on any atom is -0.496 e. The molecule has 0 fully saturated rings. The first-order valence-electron chi connectivity index (χ1n) is 9.15. The zero-order valence-corrected chi connectivity index (χ0v) is 18.7. The molecule has 0 saturated carbocycles. The molecule has 3 aromatic rings. The standard InChI is InChI=1S/C21H25BrN4O2/c1-12(2)17-10-16(19-13(3)24-26(5)20(19)23-17)21(27)25(4)11-14-9-15(22)7-8-18(14)28-6/h7-10,12H,11H2,1-6H3. The molecule has 2 heterocycles. The molecule has 3 rings (SSSR count). The van der Waals surface area contributed by atoms with Gasteiger partial charge in [0, 0.05) is 36.4 Å². The highest BCUT2D eigenvalue weighted by molar-refractivity contribution is 9.10. The number of aromatic nitrogens is 3. The van der Waals surface area contributed by atoms with E-state index in [1.807, 2.05) is 38.2 Å². The third-order valence-corrected chi connectivity index (χ3v) is 5.30. The van der Waals surface area contributed by atoms with E-state index in [0.29, 0.717) is 12.1 Å². The van der Waals surface area contributed by atoms with E-state index in [1.165, 1.54) is 0 Å². The zero-order valence-electron chi connectivity index (χ0n) is 17.1. The van der Waals surface area contributed by atoms with Crippen molar-refractivity contribution in [1.82, 2.24) is 19.7 Å². The van der Waals surface area contributed by atoms with Gasteiger partial charge >= 0.3 is 0 Å². The summed E-state index contributed by atoms with van der Waals surface area (Å²) in [5, 5.41) is 5.28. The monoisotopic (exact) mass is 444 g/mol. The van der Waals surface area contributed by atoms with Crippen molar-refractivity contribution < 1.29 is 9.53 Å². The maximum Gasteiger partial charge on any atom is 0.254 e. The van der Waals surface area contributed by atoms with Crippen LogP contribution < -0.4 is 4.74 Å². The minimum atomic E-state index is -0.0626. The van der Waals surface area contributed by atoms with Crippen LogP contribution in [0.2, 0.25) is 0 Å². The van der Waals surface area contributed by atoms with Gasteiger partial charge in [0.2, 0.25) is 0 Å². The van der Waals surface area contributed by atoms with Crippen LogP contribution in [-0.2, 0) is 13.6 Å². The number of halogens is 1. The lowest BCUT2D eigenvalue weighted by Crippen LogP contribution is -2.27. The van der Waals surface area contributed by atoms with E-state index in [-0.39, 0.29) is 11.8 Å². The first kappa shape index (κ1) is 20.3. The number of fused-ring (bicyclic) bond motifs is 1. The number of rotatable bonds is 5. The molecule has 1 aromatic carbocycles. The number of aryl methyl sites for hydroxylation is 2. The van der Waals surface area contributed by atoms with E-state index in [9.17, 15) is 4.79 Å². The molecule has 148 valence electrons. The van der Waals surface area contributed by atoms with Crippen LogP contribution >= 0.6 is 15.9 Å². The molecule has 0 saturated heterocycles. The molecular weight excluding hydrogens is 420 g/mol. The fourth-order valence-corrected chi connectivity index (χ4v) is 3.74. The van der Waals surface area contributed by atoms with Gasteiger partial charge in [0.05, 0.1) is 23.8 Å². The maximum atomic E-state index is 13.4. The molecule has 0 aliphatic heterocycles. The summed E-state index contributed by atoms with van der Waals surface area (Å²) in [5.74, 6) is 0.900. The van der Waals surface area contributed by atoms with Crippen LogP contribution in [0.5, 0.6) is 5.75 Å². The smallest absolute Gasteiger partial charge is 0.254 e. The molecule has 6 nitrogen and oxygen atoms in total. The third kappa shape index (κ3) is 3.76. The Labute approximate surface area is 173 Å². The van der Waals surface area contributed by atoms with Crippen LogP contribution in [0.3, 0.4) is 0 Å². The fourth-order valence-electron chi connectivity index (χ4n) is 3.33. The first-order chi connectivity index (χ1) is 13.2. The van der Waals surface area contributed by atoms with E-state index in [1.54, 1.807) is 23.7 Å². The number of ether oxygens (including phenoxy) is 1. The Balaban J connectivity index is 2.04. The van der Waals surface area contributed by atoms with Gasteiger partial charge in [0.1, 0.15) is 5.75 Å². The van der Waals surface area contributed by atoms with Gasteiger partial charge in [0.25, 0.3) is 5.91 Å². The van der Waals surface area contributed by atoms with Crippen LogP contribution in [0.25, 0.3) is 11.0 Å². The van der Waals surface area contributed by atoms with E-state index in [0.717, 1.165) is 38.2 Å². The van der Waals surface area contributed by atoms with Gasteiger partial charge in [-0.3, -0.25) is 9.48 Å². The molecule has 0 atom stereocenters. The Morgan fingerprint density at radius 3 is 2.68 bits per heavy atom. The number of carbonyl (C=O) groups is 1. The summed E-state index contributed by atoms with van der Waals surface area (Å²) >= 11 is 3.49. The van der Waals surface area contributed by atoms with Gasteiger partial charge in [-0.2, -0.15) is 5.10 Å². The number of amides is 1. The number of hydrogen-bond donors (Lipinski definition) is 0. The number of methoxy groups -OCH3 is 1. The summed E-state index contributed by atoms with van der Waals surface area (Å²) in [6, 6.07) is 7.69. The summed E-state index contributed by atoms with van der Waals surface area (Å²) in [4.78, 5) is 19.8. The van der Waals surface area contributed by atoms with Crippen LogP contribution in [-0.4, -0.2) is 39.7 Å². The molecule has 28 heavy (non-hydrogen) atoms. The third-order valence-electron chi connectivity index (χ3n) is 4.81. The highest BCUT2D eigenvalue weighted by Crippen LogP contribution is 2.28. The van der Waals surface area contributed by atoms with Crippen LogP contribution in [0.4, 0.5) is 0 Å². The fraction of sp³-hybridized carbons (Fsp3) is 0.381. The van der Waals surface area contributed by atoms with E-state index in [4.69, 9.17) is 9.72 Å². The van der Waals surface area contributed by atoms with E-state index >= 15 is 0 Å². The molecule has 0 aliphatic rings. The average molecular weight is 445 g/mol. The SMILES string of the molecule is COc1ccc(Br)cc1CN(C)C(=O)c1cc(C(C)C)nc2c1c(C)nn2C. The normalized spacial score (nSPS) is 11.3. The Morgan fingerprint density at radius 2 is 2.04 bits per heavy atom.